The molecule has 0 aliphatic heterocycles. The third-order valence-electron chi connectivity index (χ3n) is 0.682. The van der Waals surface area contributed by atoms with Crippen LogP contribution in [0.15, 0.2) is 17.8 Å². The molecule has 2 N–H and O–H groups in total. The third kappa shape index (κ3) is 3.60. The van der Waals surface area contributed by atoms with E-state index in [-0.39, 0.29) is 0 Å². The van der Waals surface area contributed by atoms with E-state index in [2.05, 4.69) is 11.6 Å². The molecule has 0 amide bonds. The smallest absolute Gasteiger partial charge is 0.155 e. The van der Waals surface area contributed by atoms with Crippen LogP contribution in [0.5, 0.6) is 0 Å². The second-order valence-corrected chi connectivity index (χ2v) is 2.76. The molecule has 0 fully saturated rings. The Labute approximate surface area is 70.0 Å². The van der Waals surface area contributed by atoms with Gasteiger partial charge in [0.25, 0.3) is 0 Å². The van der Waals surface area contributed by atoms with Gasteiger partial charge in [-0.2, -0.15) is 0 Å². The van der Waals surface area contributed by atoms with Gasteiger partial charge < -0.3 is 0 Å². The molecule has 0 saturated heterocycles. The highest BCUT2D eigenvalue weighted by molar-refractivity contribution is 8.22. The molecule has 0 spiro atoms. The summed E-state index contributed by atoms with van der Waals surface area (Å²) in [6.07, 6.45) is 4.65. The molecule has 10 heavy (non-hydrogen) atoms. The van der Waals surface area contributed by atoms with Crippen LogP contribution in [0.3, 0.4) is 0 Å². The van der Waals surface area contributed by atoms with E-state index in [9.17, 15) is 0 Å². The van der Waals surface area contributed by atoms with Crippen molar-refractivity contribution in [1.29, 1.82) is 0 Å². The van der Waals surface area contributed by atoms with Crippen LogP contribution in [-0.4, -0.2) is 21.9 Å². The summed E-state index contributed by atoms with van der Waals surface area (Å²) in [5, 5.41) is 1.27. The molecule has 0 aromatic carbocycles. The van der Waals surface area contributed by atoms with E-state index in [0.29, 0.717) is 4.32 Å². The van der Waals surface area contributed by atoms with E-state index in [0.717, 1.165) is 0 Å². The van der Waals surface area contributed by atoms with Crippen LogP contribution in [0.4, 0.5) is 0 Å². The predicted molar refractivity (Wildman–Crippen MR) is 50.8 cm³/mol. The van der Waals surface area contributed by atoms with Crippen molar-refractivity contribution in [3.05, 3.63) is 12.8 Å². The molecular formula is C5H9N3S2. The molecule has 0 aromatic rings. The SMILES string of the molecule is C=C/N=C\N(N)C(=S)SC. The zero-order valence-corrected chi connectivity index (χ0v) is 7.28. The standard InChI is InChI=1S/C5H9N3S2/c1-3-7-4-8(6)5(9)10-2/h3-4H,1,6H2,2H3/b7-4-. The van der Waals surface area contributed by atoms with Crippen molar-refractivity contribution >= 4 is 34.6 Å². The Morgan fingerprint density at radius 1 is 1.90 bits per heavy atom. The van der Waals surface area contributed by atoms with Crippen molar-refractivity contribution in [2.24, 2.45) is 10.8 Å². The van der Waals surface area contributed by atoms with E-state index in [1.54, 1.807) is 0 Å². The van der Waals surface area contributed by atoms with Crippen LogP contribution < -0.4 is 5.84 Å². The van der Waals surface area contributed by atoms with Crippen LogP contribution >= 0.6 is 24.0 Å². The lowest BCUT2D eigenvalue weighted by atomic mass is 11.0. The Morgan fingerprint density at radius 2 is 2.50 bits per heavy atom. The summed E-state index contributed by atoms with van der Waals surface area (Å²) in [4.78, 5) is 3.68. The highest BCUT2D eigenvalue weighted by atomic mass is 32.2. The Kier molecular flexibility index (Phi) is 5.19. The van der Waals surface area contributed by atoms with Crippen LogP contribution in [0.2, 0.25) is 0 Å². The topological polar surface area (TPSA) is 41.6 Å². The van der Waals surface area contributed by atoms with Crippen LogP contribution in [0, 0.1) is 0 Å². The Bertz CT molecular complexity index is 155. The van der Waals surface area contributed by atoms with Gasteiger partial charge in [-0.1, -0.05) is 30.6 Å². The number of thioether (sulfide) groups is 1. The van der Waals surface area contributed by atoms with Crippen LogP contribution in [0.25, 0.3) is 0 Å². The van der Waals surface area contributed by atoms with Crippen LogP contribution in [0.1, 0.15) is 0 Å². The predicted octanol–water partition coefficient (Wildman–Crippen LogP) is 0.982. The van der Waals surface area contributed by atoms with Gasteiger partial charge in [-0.05, 0) is 6.26 Å². The number of nitrogens with two attached hydrogens (primary N) is 1. The highest BCUT2D eigenvalue weighted by Crippen LogP contribution is 1.98. The number of hydrogen-bond acceptors (Lipinski definition) is 4. The van der Waals surface area contributed by atoms with E-state index in [4.69, 9.17) is 18.1 Å². The van der Waals surface area contributed by atoms with Gasteiger partial charge in [0.2, 0.25) is 0 Å². The molecule has 3 nitrogen and oxygen atoms in total. The minimum absolute atomic E-state index is 0.575. The molecule has 0 bridgehead atoms. The molecule has 0 aromatic heterocycles. The summed E-state index contributed by atoms with van der Waals surface area (Å²) in [5.41, 5.74) is 0. The molecule has 0 aliphatic carbocycles. The molecule has 0 unspecified atom stereocenters. The lowest BCUT2D eigenvalue weighted by Gasteiger charge is -2.09. The summed E-state index contributed by atoms with van der Waals surface area (Å²) in [5.74, 6) is 5.39. The van der Waals surface area contributed by atoms with Crippen molar-refractivity contribution in [2.75, 3.05) is 6.26 Å². The average molecular weight is 175 g/mol. The second-order valence-electron chi connectivity index (χ2n) is 1.32. The lowest BCUT2D eigenvalue weighted by molar-refractivity contribution is 0.700. The number of hydrogen-bond donors (Lipinski definition) is 1. The first-order chi connectivity index (χ1) is 4.72. The van der Waals surface area contributed by atoms with Crippen molar-refractivity contribution in [2.45, 2.75) is 0 Å². The first-order valence-electron chi connectivity index (χ1n) is 2.48. The normalized spacial score (nSPS) is 9.80. The highest BCUT2D eigenvalue weighted by Gasteiger charge is 1.96. The molecule has 0 saturated carbocycles. The van der Waals surface area contributed by atoms with Gasteiger partial charge >= 0.3 is 0 Å². The van der Waals surface area contributed by atoms with Gasteiger partial charge in [-0.3, -0.25) is 5.01 Å². The minimum atomic E-state index is 0.575. The van der Waals surface area contributed by atoms with Crippen molar-refractivity contribution in [3.8, 4) is 0 Å². The summed E-state index contributed by atoms with van der Waals surface area (Å²) in [7, 11) is 0. The average Bonchev–Trinajstić information content (AvgIpc) is 1.98. The summed E-state index contributed by atoms with van der Waals surface area (Å²) < 4.78 is 0.575. The summed E-state index contributed by atoms with van der Waals surface area (Å²) in [6, 6.07) is 0. The van der Waals surface area contributed by atoms with Gasteiger partial charge in [-0.25, -0.2) is 10.8 Å². The minimum Gasteiger partial charge on any atom is -0.252 e. The molecule has 5 heteroatoms. The molecule has 56 valence electrons. The van der Waals surface area contributed by atoms with E-state index < -0.39 is 0 Å². The van der Waals surface area contributed by atoms with Crippen molar-refractivity contribution < 1.29 is 0 Å². The van der Waals surface area contributed by atoms with Crippen molar-refractivity contribution in [1.82, 2.24) is 5.01 Å². The second kappa shape index (κ2) is 5.40. The zero-order valence-electron chi connectivity index (χ0n) is 5.65. The zero-order chi connectivity index (χ0) is 7.98. The summed E-state index contributed by atoms with van der Waals surface area (Å²) >= 11 is 6.22. The molecule has 0 radical (unpaired) electrons. The van der Waals surface area contributed by atoms with Gasteiger partial charge in [0.05, 0.1) is 0 Å². The largest absolute Gasteiger partial charge is 0.252 e. The van der Waals surface area contributed by atoms with Crippen LogP contribution in [-0.2, 0) is 0 Å². The Morgan fingerprint density at radius 3 is 2.90 bits per heavy atom. The van der Waals surface area contributed by atoms with Gasteiger partial charge in [-0.15, -0.1) is 0 Å². The molecule has 0 atom stereocenters. The third-order valence-corrected chi connectivity index (χ3v) is 1.95. The number of rotatable bonds is 2. The fraction of sp³-hybridized carbons (Fsp3) is 0.200. The fourth-order valence-electron chi connectivity index (χ4n) is 0.272. The quantitative estimate of drug-likeness (QED) is 0.223. The fourth-order valence-corrected chi connectivity index (χ4v) is 0.577. The van der Waals surface area contributed by atoms with E-state index in [1.807, 2.05) is 6.26 Å². The van der Waals surface area contributed by atoms with E-state index in [1.165, 1.54) is 29.3 Å². The maximum Gasteiger partial charge on any atom is 0.155 e. The Balaban J connectivity index is 3.83. The number of hydrazine groups is 1. The first kappa shape index (κ1) is 9.61. The van der Waals surface area contributed by atoms with E-state index >= 15 is 0 Å². The monoisotopic (exact) mass is 175 g/mol. The maximum absolute atomic E-state index is 5.39. The maximum atomic E-state index is 5.39. The number of thiocarbonyl (C=S) groups is 1. The summed E-state index contributed by atoms with van der Waals surface area (Å²) in [6.45, 7) is 3.39. The number of nitrogens with zero attached hydrogens (tertiary/aromatic N) is 2. The Hall–Kier alpha value is -0.390. The number of aliphatic imine (C=N–C) groups is 1. The molecule has 0 rings (SSSR count). The molecule has 0 aliphatic rings. The lowest BCUT2D eigenvalue weighted by Crippen LogP contribution is -2.32. The molecular weight excluding hydrogens is 166 g/mol. The van der Waals surface area contributed by atoms with Crippen molar-refractivity contribution in [3.63, 3.8) is 0 Å². The van der Waals surface area contributed by atoms with Gasteiger partial charge in [0, 0.05) is 6.20 Å². The molecule has 0 heterocycles. The first-order valence-corrected chi connectivity index (χ1v) is 4.11. The van der Waals surface area contributed by atoms with Gasteiger partial charge in [0.1, 0.15) is 6.34 Å². The van der Waals surface area contributed by atoms with Gasteiger partial charge in [0.15, 0.2) is 4.32 Å².